The molecular formula is C15H24N6O4S. The van der Waals surface area contributed by atoms with Crippen molar-refractivity contribution in [3.8, 4) is 0 Å². The summed E-state index contributed by atoms with van der Waals surface area (Å²) in [6.45, 7) is 3.76. The zero-order chi connectivity index (χ0) is 18.1. The van der Waals surface area contributed by atoms with Crippen molar-refractivity contribution in [3.05, 3.63) is 12.2 Å². The second kappa shape index (κ2) is 7.22. The lowest BCUT2D eigenvalue weighted by Gasteiger charge is -2.39. The van der Waals surface area contributed by atoms with Crippen LogP contribution in [0.3, 0.4) is 0 Å². The van der Waals surface area contributed by atoms with Gasteiger partial charge in [0, 0.05) is 45.7 Å². The van der Waals surface area contributed by atoms with Crippen LogP contribution in [-0.2, 0) is 32.7 Å². The molecule has 0 bridgehead atoms. The Kier molecular flexibility index (Phi) is 4.95. The molecule has 2 fully saturated rings. The summed E-state index contributed by atoms with van der Waals surface area (Å²) < 4.78 is 35.4. The fourth-order valence-electron chi connectivity index (χ4n) is 3.78. The van der Waals surface area contributed by atoms with Gasteiger partial charge in [0.2, 0.25) is 5.91 Å². The van der Waals surface area contributed by atoms with Crippen LogP contribution in [0.5, 0.6) is 0 Å². The van der Waals surface area contributed by atoms with Crippen LogP contribution >= 0.6 is 0 Å². The molecule has 10 nitrogen and oxygen atoms in total. The molecule has 1 unspecified atom stereocenters. The Morgan fingerprint density at radius 2 is 1.77 bits per heavy atom. The molecule has 0 aromatic carbocycles. The molecule has 26 heavy (non-hydrogen) atoms. The number of rotatable bonds is 3. The van der Waals surface area contributed by atoms with Crippen LogP contribution in [0.1, 0.15) is 12.2 Å². The average Bonchev–Trinajstić information content (AvgIpc) is 3.16. The molecule has 144 valence electrons. The van der Waals surface area contributed by atoms with Gasteiger partial charge in [-0.3, -0.25) is 4.79 Å². The highest BCUT2D eigenvalue weighted by molar-refractivity contribution is 7.86. The minimum atomic E-state index is -3.47. The molecule has 0 saturated carbocycles. The third-order valence-electron chi connectivity index (χ3n) is 5.33. The first-order chi connectivity index (χ1) is 12.6. The topological polar surface area (TPSA) is 101 Å². The number of morpholine rings is 1. The normalized spacial score (nSPS) is 25.8. The van der Waals surface area contributed by atoms with E-state index < -0.39 is 10.2 Å². The van der Waals surface area contributed by atoms with Crippen molar-refractivity contribution in [1.29, 1.82) is 0 Å². The van der Waals surface area contributed by atoms with Crippen LogP contribution in [0, 0.1) is 5.92 Å². The summed E-state index contributed by atoms with van der Waals surface area (Å²) in [5.74, 6) is 0.914. The Morgan fingerprint density at radius 3 is 2.50 bits per heavy atom. The number of hydrogen-bond donors (Lipinski definition) is 0. The lowest BCUT2D eigenvalue weighted by atomic mass is 9.98. The minimum Gasteiger partial charge on any atom is -0.379 e. The SMILES string of the molecule is O=C(C1CCc2ncnn2C1)N1CCN(S(=O)(=O)N2CCOCC2)CC1. The molecule has 2 saturated heterocycles. The maximum atomic E-state index is 12.8. The highest BCUT2D eigenvalue weighted by atomic mass is 32.2. The van der Waals surface area contributed by atoms with Crippen molar-refractivity contribution in [2.24, 2.45) is 5.92 Å². The van der Waals surface area contributed by atoms with Crippen molar-refractivity contribution in [3.63, 3.8) is 0 Å². The number of amides is 1. The lowest BCUT2D eigenvalue weighted by molar-refractivity contribution is -0.137. The summed E-state index contributed by atoms with van der Waals surface area (Å²) in [5.41, 5.74) is 0. The van der Waals surface area contributed by atoms with Gasteiger partial charge in [-0.25, -0.2) is 9.67 Å². The number of aromatic nitrogens is 3. The number of carbonyl (C=O) groups excluding carboxylic acids is 1. The molecule has 0 spiro atoms. The van der Waals surface area contributed by atoms with Crippen LogP contribution in [0.25, 0.3) is 0 Å². The summed E-state index contributed by atoms with van der Waals surface area (Å²) in [7, 11) is -3.47. The Bertz CT molecular complexity index is 752. The van der Waals surface area contributed by atoms with E-state index in [4.69, 9.17) is 4.74 Å². The Balaban J connectivity index is 1.34. The Hall–Kier alpha value is -1.56. The van der Waals surface area contributed by atoms with E-state index in [2.05, 4.69) is 10.1 Å². The maximum absolute atomic E-state index is 12.8. The fourth-order valence-corrected chi connectivity index (χ4v) is 5.34. The molecular weight excluding hydrogens is 360 g/mol. The number of fused-ring (bicyclic) bond motifs is 1. The molecule has 0 N–H and O–H groups in total. The molecule has 3 aliphatic heterocycles. The van der Waals surface area contributed by atoms with E-state index in [9.17, 15) is 13.2 Å². The Labute approximate surface area is 152 Å². The van der Waals surface area contributed by atoms with E-state index in [1.807, 2.05) is 0 Å². The van der Waals surface area contributed by atoms with E-state index in [0.29, 0.717) is 59.0 Å². The maximum Gasteiger partial charge on any atom is 0.282 e. The van der Waals surface area contributed by atoms with E-state index in [1.165, 1.54) is 14.9 Å². The predicted molar refractivity (Wildman–Crippen MR) is 91.3 cm³/mol. The van der Waals surface area contributed by atoms with E-state index in [-0.39, 0.29) is 11.8 Å². The van der Waals surface area contributed by atoms with E-state index >= 15 is 0 Å². The first-order valence-corrected chi connectivity index (χ1v) is 10.4. The lowest BCUT2D eigenvalue weighted by Crippen LogP contribution is -2.56. The highest BCUT2D eigenvalue weighted by Gasteiger charge is 2.36. The van der Waals surface area contributed by atoms with E-state index in [1.54, 1.807) is 9.58 Å². The van der Waals surface area contributed by atoms with Crippen molar-refractivity contribution in [2.75, 3.05) is 52.5 Å². The van der Waals surface area contributed by atoms with Crippen LogP contribution in [0.4, 0.5) is 0 Å². The minimum absolute atomic E-state index is 0.0922. The molecule has 1 atom stereocenters. The van der Waals surface area contributed by atoms with Gasteiger partial charge in [0.15, 0.2) is 0 Å². The van der Waals surface area contributed by atoms with Gasteiger partial charge in [0.25, 0.3) is 10.2 Å². The van der Waals surface area contributed by atoms with Crippen molar-refractivity contribution in [1.82, 2.24) is 28.3 Å². The summed E-state index contributed by atoms with van der Waals surface area (Å²) in [5, 5.41) is 4.16. The number of piperazine rings is 1. The third-order valence-corrected chi connectivity index (χ3v) is 7.36. The smallest absolute Gasteiger partial charge is 0.282 e. The monoisotopic (exact) mass is 384 g/mol. The number of hydrogen-bond acceptors (Lipinski definition) is 6. The molecule has 1 amide bonds. The van der Waals surface area contributed by atoms with Crippen LogP contribution in [0.15, 0.2) is 6.33 Å². The number of ether oxygens (including phenoxy) is 1. The molecule has 1 aromatic rings. The summed E-state index contributed by atoms with van der Waals surface area (Å²) in [6, 6.07) is 0. The summed E-state index contributed by atoms with van der Waals surface area (Å²) in [6.07, 6.45) is 3.04. The molecule has 1 aromatic heterocycles. The van der Waals surface area contributed by atoms with Crippen LogP contribution in [-0.4, -0.2) is 95.1 Å². The first kappa shape index (κ1) is 17.8. The zero-order valence-corrected chi connectivity index (χ0v) is 15.5. The number of carbonyl (C=O) groups is 1. The fraction of sp³-hybridized carbons (Fsp3) is 0.800. The molecule has 3 aliphatic rings. The van der Waals surface area contributed by atoms with Gasteiger partial charge in [0.05, 0.1) is 25.7 Å². The molecule has 0 radical (unpaired) electrons. The molecule has 4 rings (SSSR count). The van der Waals surface area contributed by atoms with Gasteiger partial charge in [-0.05, 0) is 6.42 Å². The van der Waals surface area contributed by atoms with Gasteiger partial charge in [-0.15, -0.1) is 0 Å². The van der Waals surface area contributed by atoms with Crippen LogP contribution in [0.2, 0.25) is 0 Å². The molecule has 4 heterocycles. The number of aryl methyl sites for hydroxylation is 1. The van der Waals surface area contributed by atoms with Gasteiger partial charge in [-0.1, -0.05) is 0 Å². The van der Waals surface area contributed by atoms with Crippen molar-refractivity contribution >= 4 is 16.1 Å². The largest absolute Gasteiger partial charge is 0.379 e. The Morgan fingerprint density at radius 1 is 1.08 bits per heavy atom. The molecule has 0 aliphatic carbocycles. The first-order valence-electron chi connectivity index (χ1n) is 9.04. The number of nitrogens with zero attached hydrogens (tertiary/aromatic N) is 6. The summed E-state index contributed by atoms with van der Waals surface area (Å²) in [4.78, 5) is 18.8. The zero-order valence-electron chi connectivity index (χ0n) is 14.7. The van der Waals surface area contributed by atoms with Crippen molar-refractivity contribution < 1.29 is 17.9 Å². The summed E-state index contributed by atoms with van der Waals surface area (Å²) >= 11 is 0. The van der Waals surface area contributed by atoms with Gasteiger partial charge in [0.1, 0.15) is 12.2 Å². The van der Waals surface area contributed by atoms with Gasteiger partial charge in [-0.2, -0.15) is 22.1 Å². The third kappa shape index (κ3) is 3.36. The van der Waals surface area contributed by atoms with E-state index in [0.717, 1.165) is 18.7 Å². The predicted octanol–water partition coefficient (Wildman–Crippen LogP) is -1.44. The van der Waals surface area contributed by atoms with Crippen LogP contribution < -0.4 is 0 Å². The molecule has 11 heteroatoms. The van der Waals surface area contributed by atoms with Gasteiger partial charge < -0.3 is 9.64 Å². The van der Waals surface area contributed by atoms with Crippen molar-refractivity contribution in [2.45, 2.75) is 19.4 Å². The average molecular weight is 384 g/mol. The highest BCUT2D eigenvalue weighted by Crippen LogP contribution is 2.21. The second-order valence-electron chi connectivity index (χ2n) is 6.84. The second-order valence-corrected chi connectivity index (χ2v) is 8.77. The standard InChI is InChI=1S/C15H24N6O4S/c22-15(13-1-2-14-16-12-17-21(14)11-13)18-3-5-19(6-4-18)26(23,24)20-7-9-25-10-8-20/h12-13H,1-11H2. The quantitative estimate of drug-likeness (QED) is 0.633. The van der Waals surface area contributed by atoms with Gasteiger partial charge >= 0.3 is 0 Å².